The maximum Gasteiger partial charge on any atom is 0.343 e. The van der Waals surface area contributed by atoms with Crippen molar-refractivity contribution in [2.75, 3.05) is 52.8 Å². The summed E-state index contributed by atoms with van der Waals surface area (Å²) in [6.45, 7) is 6.52. The highest BCUT2D eigenvalue weighted by atomic mass is 16.5. The van der Waals surface area contributed by atoms with Gasteiger partial charge in [0.25, 0.3) is 0 Å². The quantitative estimate of drug-likeness (QED) is 0.341. The standard InChI is InChI=1S/C27H36N2O7/c1-27(2)9-8-21-18-14-24(35-12-6-10-32-3)25(36-13-7-11-33-4)15-19(18)22-16-23(30)20(26(31)34-5)17-28(22)29(21)27/h14-17,21H,6-13H2,1-5H3. The van der Waals surface area contributed by atoms with Crippen molar-refractivity contribution >= 4 is 5.97 Å². The molecule has 1 unspecified atom stereocenters. The van der Waals surface area contributed by atoms with Crippen LogP contribution >= 0.6 is 0 Å². The summed E-state index contributed by atoms with van der Waals surface area (Å²) in [6, 6.07) is 5.58. The molecule has 2 aromatic rings. The number of carbonyl (C=O) groups is 1. The Morgan fingerprint density at radius 1 is 0.972 bits per heavy atom. The van der Waals surface area contributed by atoms with Gasteiger partial charge >= 0.3 is 5.97 Å². The van der Waals surface area contributed by atoms with Gasteiger partial charge in [-0.1, -0.05) is 0 Å². The van der Waals surface area contributed by atoms with Crippen LogP contribution in [0.2, 0.25) is 0 Å². The van der Waals surface area contributed by atoms with Gasteiger partial charge in [0.05, 0.1) is 37.6 Å². The average molecular weight is 501 g/mol. The lowest BCUT2D eigenvalue weighted by Crippen LogP contribution is -2.50. The molecule has 1 atom stereocenters. The van der Waals surface area contributed by atoms with E-state index in [1.54, 1.807) is 20.4 Å². The third kappa shape index (κ3) is 4.95. The Morgan fingerprint density at radius 3 is 2.22 bits per heavy atom. The minimum Gasteiger partial charge on any atom is -0.490 e. The molecule has 4 rings (SSSR count). The molecule has 1 fully saturated rings. The Bertz CT molecular complexity index is 1160. The average Bonchev–Trinajstić information content (AvgIpc) is 3.19. The second kappa shape index (κ2) is 10.9. The van der Waals surface area contributed by atoms with E-state index in [0.29, 0.717) is 43.6 Å². The van der Waals surface area contributed by atoms with Crippen molar-refractivity contribution in [3.05, 3.63) is 45.7 Å². The monoisotopic (exact) mass is 500 g/mol. The zero-order valence-corrected chi connectivity index (χ0v) is 21.8. The first-order valence-corrected chi connectivity index (χ1v) is 12.4. The van der Waals surface area contributed by atoms with Crippen LogP contribution in [0, 0.1) is 0 Å². The van der Waals surface area contributed by atoms with Gasteiger partial charge in [-0.25, -0.2) is 4.79 Å². The van der Waals surface area contributed by atoms with E-state index in [9.17, 15) is 9.59 Å². The van der Waals surface area contributed by atoms with Crippen molar-refractivity contribution in [3.63, 3.8) is 0 Å². The summed E-state index contributed by atoms with van der Waals surface area (Å²) < 4.78 is 29.4. The van der Waals surface area contributed by atoms with Crippen LogP contribution in [0.5, 0.6) is 11.5 Å². The fourth-order valence-electron chi connectivity index (χ4n) is 5.11. The zero-order chi connectivity index (χ0) is 25.9. The lowest BCUT2D eigenvalue weighted by Gasteiger charge is -2.44. The van der Waals surface area contributed by atoms with Crippen molar-refractivity contribution in [2.45, 2.75) is 51.1 Å². The molecule has 0 saturated carbocycles. The van der Waals surface area contributed by atoms with Gasteiger partial charge in [0.1, 0.15) is 5.56 Å². The summed E-state index contributed by atoms with van der Waals surface area (Å²) in [7, 11) is 4.62. The molecule has 0 N–H and O–H groups in total. The lowest BCUT2D eigenvalue weighted by atomic mass is 9.93. The molecule has 9 nitrogen and oxygen atoms in total. The molecule has 1 aromatic heterocycles. The van der Waals surface area contributed by atoms with Gasteiger partial charge in [0.2, 0.25) is 0 Å². The third-order valence-electron chi connectivity index (χ3n) is 6.87. The summed E-state index contributed by atoms with van der Waals surface area (Å²) in [5.74, 6) is 0.648. The van der Waals surface area contributed by atoms with Crippen LogP contribution in [0.25, 0.3) is 11.3 Å². The number of hydrogen-bond acceptors (Lipinski definition) is 8. The van der Waals surface area contributed by atoms with E-state index in [4.69, 9.17) is 23.7 Å². The van der Waals surface area contributed by atoms with Crippen molar-refractivity contribution < 1.29 is 28.5 Å². The summed E-state index contributed by atoms with van der Waals surface area (Å²) >= 11 is 0. The predicted molar refractivity (Wildman–Crippen MR) is 136 cm³/mol. The van der Waals surface area contributed by atoms with E-state index >= 15 is 0 Å². The lowest BCUT2D eigenvalue weighted by molar-refractivity contribution is 0.0598. The molecule has 0 bridgehead atoms. The first-order chi connectivity index (χ1) is 17.3. The number of benzene rings is 1. The Hall–Kier alpha value is -3.04. The van der Waals surface area contributed by atoms with E-state index < -0.39 is 5.97 Å². The van der Waals surface area contributed by atoms with Gasteiger partial charge in [0, 0.05) is 58.1 Å². The smallest absolute Gasteiger partial charge is 0.343 e. The molecular weight excluding hydrogens is 464 g/mol. The van der Waals surface area contributed by atoms with Crippen molar-refractivity contribution in [3.8, 4) is 22.8 Å². The molecule has 9 heteroatoms. The number of carbonyl (C=O) groups excluding carboxylic acids is 1. The molecule has 2 aliphatic heterocycles. The van der Waals surface area contributed by atoms with Gasteiger partial charge in [-0.3, -0.25) is 14.5 Å². The van der Waals surface area contributed by atoms with Crippen LogP contribution in [0.15, 0.2) is 29.2 Å². The molecule has 0 radical (unpaired) electrons. The number of rotatable bonds is 11. The van der Waals surface area contributed by atoms with Crippen LogP contribution in [0.1, 0.15) is 61.5 Å². The van der Waals surface area contributed by atoms with Gasteiger partial charge in [0.15, 0.2) is 16.9 Å². The molecule has 0 aliphatic carbocycles. The first-order valence-electron chi connectivity index (χ1n) is 12.4. The van der Waals surface area contributed by atoms with Gasteiger partial charge in [-0.05, 0) is 44.4 Å². The number of fused-ring (bicyclic) bond motifs is 6. The summed E-state index contributed by atoms with van der Waals surface area (Å²) in [5.41, 5.74) is 2.14. The molecular formula is C27H36N2O7. The van der Waals surface area contributed by atoms with E-state index in [2.05, 4.69) is 24.9 Å². The molecule has 0 spiro atoms. The van der Waals surface area contributed by atoms with Crippen molar-refractivity contribution in [2.24, 2.45) is 0 Å². The Kier molecular flexibility index (Phi) is 7.90. The van der Waals surface area contributed by atoms with E-state index in [1.807, 2.05) is 10.7 Å². The van der Waals surface area contributed by atoms with E-state index in [0.717, 1.165) is 36.8 Å². The summed E-state index contributed by atoms with van der Waals surface area (Å²) in [5, 5.41) is 2.25. The zero-order valence-electron chi connectivity index (χ0n) is 21.8. The van der Waals surface area contributed by atoms with E-state index in [1.165, 1.54) is 13.2 Å². The molecule has 196 valence electrons. The van der Waals surface area contributed by atoms with Gasteiger partial charge < -0.3 is 23.7 Å². The number of esters is 1. The molecule has 1 aromatic carbocycles. The number of aromatic nitrogens is 1. The van der Waals surface area contributed by atoms with Crippen molar-refractivity contribution in [1.82, 2.24) is 4.68 Å². The largest absolute Gasteiger partial charge is 0.490 e. The molecule has 1 saturated heterocycles. The maximum absolute atomic E-state index is 12.9. The summed E-state index contributed by atoms with van der Waals surface area (Å²) in [6.07, 6.45) is 4.99. The highest BCUT2D eigenvalue weighted by Crippen LogP contribution is 2.50. The maximum atomic E-state index is 12.9. The normalized spacial score (nSPS) is 17.2. The van der Waals surface area contributed by atoms with Gasteiger partial charge in [-0.15, -0.1) is 0 Å². The molecule has 36 heavy (non-hydrogen) atoms. The number of pyridine rings is 1. The minimum absolute atomic E-state index is 0.0142. The first kappa shape index (κ1) is 26.0. The van der Waals surface area contributed by atoms with Crippen LogP contribution < -0.4 is 19.9 Å². The molecule has 3 heterocycles. The van der Waals surface area contributed by atoms with Gasteiger partial charge in [-0.2, -0.15) is 0 Å². The predicted octanol–water partition coefficient (Wildman–Crippen LogP) is 3.70. The molecule has 0 amide bonds. The Balaban J connectivity index is 1.83. The second-order valence-electron chi connectivity index (χ2n) is 9.76. The summed E-state index contributed by atoms with van der Waals surface area (Å²) in [4.78, 5) is 25.3. The highest BCUT2D eigenvalue weighted by molar-refractivity contribution is 5.89. The number of ether oxygens (including phenoxy) is 5. The SMILES string of the molecule is COCCCOc1cc2c(cc1OCCCOC)C1CCC(C)(C)N1n1cc(C(=O)OC)c(=O)cc1-2. The Labute approximate surface area is 211 Å². The number of nitrogens with zero attached hydrogens (tertiary/aromatic N) is 2. The Morgan fingerprint density at radius 2 is 1.61 bits per heavy atom. The van der Waals surface area contributed by atoms with Crippen molar-refractivity contribution in [1.29, 1.82) is 0 Å². The van der Waals surface area contributed by atoms with Crippen LogP contribution in [-0.4, -0.2) is 63.9 Å². The topological polar surface area (TPSA) is 88.5 Å². The molecule has 2 aliphatic rings. The fraction of sp³-hybridized carbons (Fsp3) is 0.556. The van der Waals surface area contributed by atoms with Crippen LogP contribution in [0.4, 0.5) is 0 Å². The second-order valence-corrected chi connectivity index (χ2v) is 9.76. The minimum atomic E-state index is -0.642. The highest BCUT2D eigenvalue weighted by Gasteiger charge is 2.45. The van der Waals surface area contributed by atoms with Crippen LogP contribution in [-0.2, 0) is 14.2 Å². The fourth-order valence-corrected chi connectivity index (χ4v) is 5.11. The number of methoxy groups -OCH3 is 3. The van der Waals surface area contributed by atoms with E-state index in [-0.39, 0.29) is 22.6 Å². The third-order valence-corrected chi connectivity index (χ3v) is 6.87. The number of hydrogen-bond donors (Lipinski definition) is 0. The van der Waals surface area contributed by atoms with Crippen LogP contribution in [0.3, 0.4) is 0 Å².